The Labute approximate surface area is 252 Å². The van der Waals surface area contributed by atoms with Gasteiger partial charge in [-0.15, -0.1) is 12.4 Å². The number of unbranched alkanes of at least 4 members (excludes halogenated alkanes) is 1. The van der Waals surface area contributed by atoms with Crippen LogP contribution < -0.4 is 15.1 Å². The average Bonchev–Trinajstić information content (AvgIpc) is 2.96. The number of hydrogen-bond acceptors (Lipinski definition) is 5. The van der Waals surface area contributed by atoms with Gasteiger partial charge < -0.3 is 10.2 Å². The molecule has 0 spiro atoms. The van der Waals surface area contributed by atoms with E-state index in [1.807, 2.05) is 19.1 Å². The maximum Gasteiger partial charge on any atom is 0.322 e. The van der Waals surface area contributed by atoms with Gasteiger partial charge in [-0.05, 0) is 65.7 Å². The second-order valence-corrected chi connectivity index (χ2v) is 12.0. The summed E-state index contributed by atoms with van der Waals surface area (Å²) in [6, 6.07) is 18.2. The largest absolute Gasteiger partial charge is 0.391 e. The van der Waals surface area contributed by atoms with Crippen LogP contribution in [0.2, 0.25) is 0 Å². The number of likely N-dealkylation sites (tertiary alicyclic amines) is 1. The van der Waals surface area contributed by atoms with Gasteiger partial charge in [0.2, 0.25) is 0 Å². The second-order valence-electron chi connectivity index (χ2n) is 10.1. The van der Waals surface area contributed by atoms with Gasteiger partial charge in [0.05, 0.1) is 10.6 Å². The standard InChI is InChI=1S/C30H36F2N4O4S.ClH/c1-3-4-18-36(29-15-12-24(31)21-28(29)32)30(37)33-25-16-19-35(20-17-25)22-23-10-13-26(14-11-23)40-34(2)41(38,39)27-8-6-5-7-9-27;/h5-15,21,25H,3-4,16-20,22H2,1-2H3,(H,33,37);1H. The van der Waals surface area contributed by atoms with Crippen LogP contribution in [0.3, 0.4) is 0 Å². The molecule has 0 atom stereocenters. The van der Waals surface area contributed by atoms with E-state index in [1.165, 1.54) is 30.1 Å². The lowest BCUT2D eigenvalue weighted by Gasteiger charge is -2.34. The average molecular weight is 623 g/mol. The maximum atomic E-state index is 14.4. The van der Waals surface area contributed by atoms with Crippen molar-refractivity contribution < 1.29 is 26.8 Å². The highest BCUT2D eigenvalue weighted by atomic mass is 35.5. The SMILES string of the molecule is CCCCN(C(=O)NC1CCN(Cc2ccc(ON(C)S(=O)(=O)c3ccccc3)cc2)CC1)c1ccc(F)cc1F.Cl. The van der Waals surface area contributed by atoms with Crippen LogP contribution in [0.25, 0.3) is 0 Å². The number of nitrogens with one attached hydrogen (secondary N) is 1. The molecule has 1 aliphatic rings. The quantitative estimate of drug-likeness (QED) is 0.266. The minimum Gasteiger partial charge on any atom is -0.391 e. The molecule has 42 heavy (non-hydrogen) atoms. The first-order valence-electron chi connectivity index (χ1n) is 13.7. The molecular weight excluding hydrogens is 586 g/mol. The minimum atomic E-state index is -3.78. The number of hydroxylamine groups is 1. The number of halogens is 3. The van der Waals surface area contributed by atoms with E-state index < -0.39 is 21.7 Å². The number of carbonyl (C=O) groups excluding carboxylic acids is 1. The molecule has 12 heteroatoms. The van der Waals surface area contributed by atoms with Gasteiger partial charge >= 0.3 is 6.03 Å². The predicted octanol–water partition coefficient (Wildman–Crippen LogP) is 5.98. The van der Waals surface area contributed by atoms with Gasteiger partial charge in [-0.2, -0.15) is 0 Å². The normalized spacial score (nSPS) is 14.3. The smallest absolute Gasteiger partial charge is 0.322 e. The van der Waals surface area contributed by atoms with Crippen molar-refractivity contribution in [1.82, 2.24) is 14.7 Å². The lowest BCUT2D eigenvalue weighted by molar-refractivity contribution is 0.0644. The summed E-state index contributed by atoms with van der Waals surface area (Å²) >= 11 is 0. The summed E-state index contributed by atoms with van der Waals surface area (Å²) in [6.07, 6.45) is 3.01. The molecule has 8 nitrogen and oxygen atoms in total. The Morgan fingerprint density at radius 3 is 2.31 bits per heavy atom. The summed E-state index contributed by atoms with van der Waals surface area (Å²) in [5, 5.41) is 3.03. The Bertz CT molecular complexity index is 1410. The van der Waals surface area contributed by atoms with Crippen LogP contribution in [0.5, 0.6) is 5.75 Å². The molecule has 0 aliphatic carbocycles. The Kier molecular flexibility index (Phi) is 12.1. The third-order valence-corrected chi connectivity index (χ3v) is 8.66. The molecule has 1 fully saturated rings. The summed E-state index contributed by atoms with van der Waals surface area (Å²) in [7, 11) is -2.42. The molecule has 0 aromatic heterocycles. The topological polar surface area (TPSA) is 82.2 Å². The number of hydrogen-bond donors (Lipinski definition) is 1. The van der Waals surface area contributed by atoms with Gasteiger partial charge in [-0.3, -0.25) is 9.80 Å². The van der Waals surface area contributed by atoms with Gasteiger partial charge in [-0.25, -0.2) is 22.0 Å². The number of benzene rings is 3. The molecule has 3 aromatic carbocycles. The third-order valence-electron chi connectivity index (χ3n) is 7.04. The van der Waals surface area contributed by atoms with E-state index in [1.54, 1.807) is 30.3 Å². The van der Waals surface area contributed by atoms with Crippen molar-refractivity contribution in [3.63, 3.8) is 0 Å². The van der Waals surface area contributed by atoms with E-state index in [4.69, 9.17) is 4.84 Å². The molecule has 2 amide bonds. The molecule has 3 aromatic rings. The molecule has 4 rings (SSSR count). The Morgan fingerprint density at radius 2 is 1.69 bits per heavy atom. The molecule has 0 unspecified atom stereocenters. The molecule has 0 saturated carbocycles. The summed E-state index contributed by atoms with van der Waals surface area (Å²) in [5.74, 6) is -1.03. The molecule has 0 radical (unpaired) electrons. The fourth-order valence-electron chi connectivity index (χ4n) is 4.69. The first kappa shape index (κ1) is 33.3. The number of anilines is 1. The van der Waals surface area contributed by atoms with Crippen LogP contribution >= 0.6 is 12.4 Å². The van der Waals surface area contributed by atoms with Crippen LogP contribution in [-0.4, -0.2) is 56.5 Å². The number of rotatable bonds is 11. The Morgan fingerprint density at radius 1 is 1.02 bits per heavy atom. The number of sulfonamides is 1. The highest BCUT2D eigenvalue weighted by molar-refractivity contribution is 7.89. The summed E-state index contributed by atoms with van der Waals surface area (Å²) < 4.78 is 54.0. The number of carbonyl (C=O) groups is 1. The van der Waals surface area contributed by atoms with E-state index in [0.717, 1.165) is 54.5 Å². The van der Waals surface area contributed by atoms with Crippen molar-refractivity contribution in [3.05, 3.63) is 90.0 Å². The van der Waals surface area contributed by atoms with Gasteiger partial charge in [0, 0.05) is 45.3 Å². The van der Waals surface area contributed by atoms with Crippen molar-refractivity contribution in [3.8, 4) is 5.75 Å². The molecular formula is C30H37ClF2N4O4S. The highest BCUT2D eigenvalue weighted by Crippen LogP contribution is 2.23. The second kappa shape index (κ2) is 15.3. The number of amides is 2. The molecule has 1 heterocycles. The first-order valence-corrected chi connectivity index (χ1v) is 15.2. The molecule has 1 aliphatic heterocycles. The van der Waals surface area contributed by atoms with E-state index in [-0.39, 0.29) is 35.1 Å². The predicted molar refractivity (Wildman–Crippen MR) is 161 cm³/mol. The van der Waals surface area contributed by atoms with Crippen LogP contribution in [-0.2, 0) is 16.6 Å². The van der Waals surface area contributed by atoms with Crippen molar-refractivity contribution in [1.29, 1.82) is 0 Å². The van der Waals surface area contributed by atoms with Crippen molar-refractivity contribution in [2.24, 2.45) is 0 Å². The van der Waals surface area contributed by atoms with Gasteiger partial charge in [0.25, 0.3) is 10.0 Å². The van der Waals surface area contributed by atoms with Crippen LogP contribution in [0.4, 0.5) is 19.3 Å². The summed E-state index contributed by atoms with van der Waals surface area (Å²) in [5.41, 5.74) is 1.12. The van der Waals surface area contributed by atoms with Crippen molar-refractivity contribution in [2.75, 3.05) is 31.6 Å². The lowest BCUT2D eigenvalue weighted by Crippen LogP contribution is -2.49. The summed E-state index contributed by atoms with van der Waals surface area (Å²) in [4.78, 5) is 22.4. The molecule has 1 saturated heterocycles. The fraction of sp³-hybridized carbons (Fsp3) is 0.367. The lowest BCUT2D eigenvalue weighted by atomic mass is 10.0. The van der Waals surface area contributed by atoms with E-state index in [9.17, 15) is 22.0 Å². The fourth-order valence-corrected chi connectivity index (χ4v) is 5.67. The van der Waals surface area contributed by atoms with Crippen LogP contribution in [0.1, 0.15) is 38.2 Å². The van der Waals surface area contributed by atoms with E-state index >= 15 is 0 Å². The zero-order valence-corrected chi connectivity index (χ0v) is 25.3. The van der Waals surface area contributed by atoms with Crippen LogP contribution in [0, 0.1) is 11.6 Å². The first-order chi connectivity index (χ1) is 19.7. The minimum absolute atomic E-state index is 0. The highest BCUT2D eigenvalue weighted by Gasteiger charge is 2.26. The number of urea groups is 1. The van der Waals surface area contributed by atoms with E-state index in [2.05, 4.69) is 10.2 Å². The molecule has 1 N–H and O–H groups in total. The Balaban J connectivity index is 0.00000484. The number of piperidine rings is 1. The third kappa shape index (κ3) is 8.64. The van der Waals surface area contributed by atoms with Crippen molar-refractivity contribution in [2.45, 2.75) is 50.1 Å². The van der Waals surface area contributed by atoms with Crippen molar-refractivity contribution >= 4 is 34.1 Å². The number of nitrogens with zero attached hydrogens (tertiary/aromatic N) is 3. The van der Waals surface area contributed by atoms with Crippen LogP contribution in [0.15, 0.2) is 77.7 Å². The zero-order chi connectivity index (χ0) is 29.4. The van der Waals surface area contributed by atoms with Gasteiger partial charge in [0.15, 0.2) is 0 Å². The molecule has 228 valence electrons. The monoisotopic (exact) mass is 622 g/mol. The zero-order valence-electron chi connectivity index (χ0n) is 23.7. The maximum absolute atomic E-state index is 14.4. The van der Waals surface area contributed by atoms with Gasteiger partial charge in [0.1, 0.15) is 17.4 Å². The summed E-state index contributed by atoms with van der Waals surface area (Å²) in [6.45, 7) is 4.56. The van der Waals surface area contributed by atoms with E-state index in [0.29, 0.717) is 25.3 Å². The van der Waals surface area contributed by atoms with Gasteiger partial charge in [-0.1, -0.05) is 43.7 Å². The Hall–Kier alpha value is -3.25. The molecule has 0 bridgehead atoms.